The van der Waals surface area contributed by atoms with E-state index in [1.807, 2.05) is 31.5 Å². The molecule has 0 unspecified atom stereocenters. The first-order chi connectivity index (χ1) is 13.5. The van der Waals surface area contributed by atoms with Gasteiger partial charge < -0.3 is 9.55 Å². The molecule has 4 aromatic rings. The molecule has 1 aromatic carbocycles. The Morgan fingerprint density at radius 1 is 1.00 bits per heavy atom. The topological polar surface area (TPSA) is 96.4 Å². The molecule has 3 aromatic heterocycles. The van der Waals surface area contributed by atoms with Gasteiger partial charge in [0.1, 0.15) is 5.69 Å². The van der Waals surface area contributed by atoms with Crippen LogP contribution in [0.1, 0.15) is 16.8 Å². The Morgan fingerprint density at radius 2 is 1.79 bits per heavy atom. The molecule has 7 nitrogen and oxygen atoms in total. The molecule has 0 saturated carbocycles. The lowest BCUT2D eigenvalue weighted by Gasteiger charge is -2.06. The number of aromatic amines is 2. The first-order valence-corrected chi connectivity index (χ1v) is 8.88. The summed E-state index contributed by atoms with van der Waals surface area (Å²) in [5.74, 6) is 0. The minimum Gasteiger partial charge on any atom is -0.349 e. The third-order valence-electron chi connectivity index (χ3n) is 4.62. The van der Waals surface area contributed by atoms with Crippen LogP contribution in [0.2, 0.25) is 0 Å². The van der Waals surface area contributed by atoms with Crippen LogP contribution in [0.3, 0.4) is 0 Å². The monoisotopic (exact) mass is 373 g/mol. The fraction of sp³-hybridized carbons (Fsp3) is 0.143. The second kappa shape index (κ2) is 7.11. The Balaban J connectivity index is 1.68. The van der Waals surface area contributed by atoms with Gasteiger partial charge in [-0.2, -0.15) is 5.10 Å². The molecule has 0 aliphatic rings. The molecule has 0 bridgehead atoms. The second-order valence-corrected chi connectivity index (χ2v) is 6.77. The van der Waals surface area contributed by atoms with Crippen LogP contribution in [-0.4, -0.2) is 24.7 Å². The van der Waals surface area contributed by atoms with Crippen molar-refractivity contribution in [2.24, 2.45) is 0 Å². The van der Waals surface area contributed by atoms with Crippen LogP contribution in [0.15, 0.2) is 64.6 Å². The molecule has 0 fully saturated rings. The number of nitrogens with zero attached hydrogens (tertiary/aromatic N) is 3. The van der Waals surface area contributed by atoms with Gasteiger partial charge in [0.15, 0.2) is 0 Å². The minimum atomic E-state index is -0.553. The Hall–Kier alpha value is -3.74. The summed E-state index contributed by atoms with van der Waals surface area (Å²) in [5, 5.41) is 8.30. The fourth-order valence-corrected chi connectivity index (χ4v) is 3.08. The van der Waals surface area contributed by atoms with Crippen LogP contribution >= 0.6 is 0 Å². The number of H-pyrrole nitrogens is 2. The van der Waals surface area contributed by atoms with Crippen molar-refractivity contribution in [2.75, 3.05) is 0 Å². The number of hydrogen-bond acceptors (Lipinski definition) is 4. The van der Waals surface area contributed by atoms with E-state index in [2.05, 4.69) is 55.9 Å². The van der Waals surface area contributed by atoms with E-state index in [0.717, 1.165) is 23.4 Å². The Bertz CT molecular complexity index is 1250. The first kappa shape index (κ1) is 17.7. The molecule has 0 aliphatic heterocycles. The highest BCUT2D eigenvalue weighted by Gasteiger charge is 2.12. The maximum atomic E-state index is 12.1. The molecule has 28 heavy (non-hydrogen) atoms. The molecule has 4 rings (SSSR count). The smallest absolute Gasteiger partial charge is 0.325 e. The lowest BCUT2D eigenvalue weighted by molar-refractivity contribution is 0.806. The van der Waals surface area contributed by atoms with Gasteiger partial charge in [0.2, 0.25) is 0 Å². The van der Waals surface area contributed by atoms with E-state index in [1.165, 1.54) is 17.3 Å². The number of hydrogen-bond donors (Lipinski definition) is 2. The van der Waals surface area contributed by atoms with E-state index in [1.54, 1.807) is 0 Å². The normalized spacial score (nSPS) is 10.9. The second-order valence-electron chi connectivity index (χ2n) is 6.77. The van der Waals surface area contributed by atoms with Gasteiger partial charge in [-0.1, -0.05) is 29.8 Å². The first-order valence-electron chi connectivity index (χ1n) is 8.88. The van der Waals surface area contributed by atoms with E-state index in [0.29, 0.717) is 5.69 Å². The zero-order valence-corrected chi connectivity index (χ0v) is 15.6. The molecule has 0 radical (unpaired) electrons. The number of benzene rings is 1. The zero-order valence-electron chi connectivity index (χ0n) is 15.6. The molecule has 140 valence electrons. The van der Waals surface area contributed by atoms with Crippen molar-refractivity contribution in [3.63, 3.8) is 0 Å². The summed E-state index contributed by atoms with van der Waals surface area (Å²) >= 11 is 0. The van der Waals surface area contributed by atoms with E-state index >= 15 is 0 Å². The van der Waals surface area contributed by atoms with Crippen LogP contribution in [0.4, 0.5) is 0 Å². The van der Waals surface area contributed by atoms with Crippen LogP contribution < -0.4 is 11.2 Å². The van der Waals surface area contributed by atoms with Crippen molar-refractivity contribution < 1.29 is 0 Å². The lowest BCUT2D eigenvalue weighted by atomic mass is 10.1. The van der Waals surface area contributed by atoms with Crippen LogP contribution in [-0.2, 0) is 6.54 Å². The van der Waals surface area contributed by atoms with Crippen LogP contribution in [0, 0.1) is 13.8 Å². The van der Waals surface area contributed by atoms with Crippen molar-refractivity contribution in [3.8, 4) is 22.4 Å². The summed E-state index contributed by atoms with van der Waals surface area (Å²) < 4.78 is 2.10. The molecular weight excluding hydrogens is 354 g/mol. The minimum absolute atomic E-state index is 0.271. The zero-order chi connectivity index (χ0) is 19.7. The van der Waals surface area contributed by atoms with Crippen LogP contribution in [0.25, 0.3) is 22.4 Å². The quantitative estimate of drug-likeness (QED) is 0.575. The summed E-state index contributed by atoms with van der Waals surface area (Å²) in [5.41, 5.74) is 4.72. The van der Waals surface area contributed by atoms with Gasteiger partial charge in [-0.05, 0) is 31.5 Å². The summed E-state index contributed by atoms with van der Waals surface area (Å²) in [6.07, 6.45) is 5.42. The molecule has 0 amide bonds. The predicted molar refractivity (Wildman–Crippen MR) is 107 cm³/mol. The van der Waals surface area contributed by atoms with Crippen molar-refractivity contribution in [3.05, 3.63) is 92.6 Å². The van der Waals surface area contributed by atoms with Gasteiger partial charge in [0.25, 0.3) is 5.56 Å². The summed E-state index contributed by atoms with van der Waals surface area (Å²) in [6, 6.07) is 12.3. The number of aryl methyl sites for hydroxylation is 2. The maximum Gasteiger partial charge on any atom is 0.325 e. The maximum absolute atomic E-state index is 12.1. The van der Waals surface area contributed by atoms with Crippen LogP contribution in [0.5, 0.6) is 0 Å². The standard InChI is InChI=1S/C21H19N5O2/c1-13-3-5-15(6-4-13)11-26-8-7-16(12-26)17-9-19(25-24-14(17)2)18-10-22-21(28)23-20(18)27/h3-10,12H,11H2,1-2H3,(H2,22,23,27,28). The van der Waals surface area contributed by atoms with E-state index in [9.17, 15) is 9.59 Å². The van der Waals surface area contributed by atoms with Crippen molar-refractivity contribution in [1.82, 2.24) is 24.7 Å². The van der Waals surface area contributed by atoms with Gasteiger partial charge in [-0.15, -0.1) is 5.10 Å². The van der Waals surface area contributed by atoms with E-state index < -0.39 is 11.2 Å². The highest BCUT2D eigenvalue weighted by Crippen LogP contribution is 2.25. The summed E-state index contributed by atoms with van der Waals surface area (Å²) in [4.78, 5) is 28.0. The Labute approximate surface area is 160 Å². The molecule has 0 atom stereocenters. The summed E-state index contributed by atoms with van der Waals surface area (Å²) in [7, 11) is 0. The van der Waals surface area contributed by atoms with Gasteiger partial charge in [-0.25, -0.2) is 4.79 Å². The van der Waals surface area contributed by atoms with Crippen molar-refractivity contribution in [1.29, 1.82) is 0 Å². The Morgan fingerprint density at radius 3 is 2.54 bits per heavy atom. The summed E-state index contributed by atoms with van der Waals surface area (Å²) in [6.45, 7) is 4.71. The molecule has 7 heteroatoms. The molecule has 2 N–H and O–H groups in total. The number of nitrogens with one attached hydrogen (secondary N) is 2. The third-order valence-corrected chi connectivity index (χ3v) is 4.62. The average molecular weight is 373 g/mol. The highest BCUT2D eigenvalue weighted by atomic mass is 16.2. The molecule has 0 saturated heterocycles. The lowest BCUT2D eigenvalue weighted by Crippen LogP contribution is -2.22. The average Bonchev–Trinajstić information content (AvgIpc) is 3.13. The van der Waals surface area contributed by atoms with E-state index in [-0.39, 0.29) is 5.56 Å². The SMILES string of the molecule is Cc1ccc(Cn2ccc(-c3cc(-c4c[nH]c(=O)[nH]c4=O)nnc3C)c2)cc1. The number of rotatable bonds is 4. The van der Waals surface area contributed by atoms with Crippen molar-refractivity contribution in [2.45, 2.75) is 20.4 Å². The fourth-order valence-electron chi connectivity index (χ4n) is 3.08. The molecule has 3 heterocycles. The number of aromatic nitrogens is 5. The third kappa shape index (κ3) is 3.55. The molecule has 0 spiro atoms. The van der Waals surface area contributed by atoms with Gasteiger partial charge in [0.05, 0.1) is 11.3 Å². The Kier molecular flexibility index (Phi) is 4.49. The highest BCUT2D eigenvalue weighted by molar-refractivity contribution is 5.70. The predicted octanol–water partition coefficient (Wildman–Crippen LogP) is 2.65. The molecule has 0 aliphatic carbocycles. The van der Waals surface area contributed by atoms with Crippen molar-refractivity contribution >= 4 is 0 Å². The van der Waals surface area contributed by atoms with Gasteiger partial charge >= 0.3 is 5.69 Å². The van der Waals surface area contributed by atoms with E-state index in [4.69, 9.17) is 0 Å². The van der Waals surface area contributed by atoms with Gasteiger partial charge in [0, 0.05) is 36.3 Å². The van der Waals surface area contributed by atoms with Gasteiger partial charge in [-0.3, -0.25) is 9.78 Å². The largest absolute Gasteiger partial charge is 0.349 e. The molecular formula is C21H19N5O2.